The van der Waals surface area contributed by atoms with E-state index in [1.54, 1.807) is 0 Å². The normalized spacial score (nSPS) is 11.9. The van der Waals surface area contributed by atoms with Gasteiger partial charge in [0.2, 0.25) is 0 Å². The summed E-state index contributed by atoms with van der Waals surface area (Å²) in [5, 5.41) is 16.8. The fourth-order valence-corrected chi connectivity index (χ4v) is 1.42. The molecule has 17 heavy (non-hydrogen) atoms. The standard InChI is InChI=1S/2C7H13N.H2O/c2*1-3-5-7(4-2)6-8;/h2*7H,3-5H2,1-2H3;1H2. The van der Waals surface area contributed by atoms with E-state index in [-0.39, 0.29) is 5.48 Å². The van der Waals surface area contributed by atoms with Gasteiger partial charge in [-0.05, 0) is 25.7 Å². The van der Waals surface area contributed by atoms with E-state index in [9.17, 15) is 0 Å². The molecular formula is C14H28N2O. The van der Waals surface area contributed by atoms with Crippen LogP contribution in [0.1, 0.15) is 66.2 Å². The molecule has 0 aliphatic rings. The predicted octanol–water partition coefficient (Wildman–Crippen LogP) is 3.85. The van der Waals surface area contributed by atoms with Crippen molar-refractivity contribution in [2.75, 3.05) is 0 Å². The maximum absolute atomic E-state index is 8.41. The first kappa shape index (κ1) is 21.2. The van der Waals surface area contributed by atoms with E-state index >= 15 is 0 Å². The fourth-order valence-electron chi connectivity index (χ4n) is 1.42. The molecule has 0 bridgehead atoms. The first-order valence-electron chi connectivity index (χ1n) is 6.49. The van der Waals surface area contributed by atoms with Gasteiger partial charge in [-0.15, -0.1) is 0 Å². The molecule has 100 valence electrons. The van der Waals surface area contributed by atoms with Crippen molar-refractivity contribution >= 4 is 0 Å². The molecule has 0 aliphatic heterocycles. The summed E-state index contributed by atoms with van der Waals surface area (Å²) in [7, 11) is 0. The molecule has 0 saturated heterocycles. The van der Waals surface area contributed by atoms with Crippen LogP contribution in [0.4, 0.5) is 0 Å². The largest absolute Gasteiger partial charge is 0.412 e. The summed E-state index contributed by atoms with van der Waals surface area (Å²) in [6.07, 6.45) is 6.40. The van der Waals surface area contributed by atoms with Crippen molar-refractivity contribution < 1.29 is 5.48 Å². The van der Waals surface area contributed by atoms with Gasteiger partial charge in [-0.25, -0.2) is 0 Å². The minimum Gasteiger partial charge on any atom is -0.412 e. The molecule has 0 amide bonds. The maximum Gasteiger partial charge on any atom is 0.0655 e. The van der Waals surface area contributed by atoms with E-state index in [1.807, 2.05) is 0 Å². The zero-order valence-corrected chi connectivity index (χ0v) is 11.8. The maximum atomic E-state index is 8.41. The van der Waals surface area contributed by atoms with Crippen molar-refractivity contribution in [3.05, 3.63) is 0 Å². The lowest BCUT2D eigenvalue weighted by atomic mass is 10.0. The van der Waals surface area contributed by atoms with Gasteiger partial charge in [0.05, 0.1) is 12.1 Å². The third-order valence-corrected chi connectivity index (χ3v) is 2.63. The van der Waals surface area contributed by atoms with Crippen LogP contribution in [-0.4, -0.2) is 5.48 Å². The summed E-state index contributed by atoms with van der Waals surface area (Å²) in [6.45, 7) is 8.34. The molecule has 0 radical (unpaired) electrons. The van der Waals surface area contributed by atoms with Gasteiger partial charge in [-0.2, -0.15) is 10.5 Å². The Hall–Kier alpha value is -1.06. The minimum absolute atomic E-state index is 0. The molecule has 2 atom stereocenters. The van der Waals surface area contributed by atoms with Crippen LogP contribution in [0.15, 0.2) is 0 Å². The van der Waals surface area contributed by atoms with Crippen molar-refractivity contribution in [1.82, 2.24) is 0 Å². The highest BCUT2D eigenvalue weighted by Gasteiger charge is 2.00. The van der Waals surface area contributed by atoms with Crippen molar-refractivity contribution in [2.24, 2.45) is 11.8 Å². The Morgan fingerprint density at radius 1 is 0.765 bits per heavy atom. The zero-order chi connectivity index (χ0) is 12.8. The molecule has 0 spiro atoms. The highest BCUT2D eigenvalue weighted by Crippen LogP contribution is 2.08. The second-order valence-corrected chi connectivity index (χ2v) is 4.05. The molecule has 3 nitrogen and oxygen atoms in total. The Balaban J connectivity index is -0.000000218. The van der Waals surface area contributed by atoms with Crippen LogP contribution in [0, 0.1) is 34.5 Å². The van der Waals surface area contributed by atoms with E-state index in [1.165, 1.54) is 0 Å². The number of hydrogen-bond donors (Lipinski definition) is 0. The lowest BCUT2D eigenvalue weighted by Gasteiger charge is -1.99. The molecule has 0 aromatic heterocycles. The molecule has 0 heterocycles. The Bertz CT molecular complexity index is 191. The summed E-state index contributed by atoms with van der Waals surface area (Å²) in [5.74, 6) is 0.611. The van der Waals surface area contributed by atoms with Crippen LogP contribution in [0.5, 0.6) is 0 Å². The Labute approximate surface area is 107 Å². The van der Waals surface area contributed by atoms with Gasteiger partial charge in [-0.1, -0.05) is 40.5 Å². The molecule has 0 fully saturated rings. The van der Waals surface area contributed by atoms with Crippen molar-refractivity contribution in [2.45, 2.75) is 66.2 Å². The fraction of sp³-hybridized carbons (Fsp3) is 0.857. The minimum atomic E-state index is 0. The van der Waals surface area contributed by atoms with E-state index in [2.05, 4.69) is 39.8 Å². The van der Waals surface area contributed by atoms with Crippen LogP contribution in [0.25, 0.3) is 0 Å². The van der Waals surface area contributed by atoms with Crippen LogP contribution < -0.4 is 0 Å². The lowest BCUT2D eigenvalue weighted by Crippen LogP contribution is -1.91. The highest BCUT2D eigenvalue weighted by atomic mass is 16.0. The average molecular weight is 240 g/mol. The van der Waals surface area contributed by atoms with Gasteiger partial charge in [0, 0.05) is 11.8 Å². The van der Waals surface area contributed by atoms with Crippen LogP contribution in [-0.2, 0) is 0 Å². The molecule has 0 aliphatic carbocycles. The number of nitrogens with zero attached hydrogens (tertiary/aromatic N) is 2. The average Bonchev–Trinajstić information content (AvgIpc) is 2.33. The number of hydrogen-bond acceptors (Lipinski definition) is 2. The van der Waals surface area contributed by atoms with Crippen molar-refractivity contribution in [3.63, 3.8) is 0 Å². The molecule has 0 aromatic rings. The second-order valence-electron chi connectivity index (χ2n) is 4.05. The Morgan fingerprint density at radius 2 is 1.06 bits per heavy atom. The molecule has 2 unspecified atom stereocenters. The molecule has 0 saturated carbocycles. The zero-order valence-electron chi connectivity index (χ0n) is 11.8. The van der Waals surface area contributed by atoms with E-state index < -0.39 is 0 Å². The van der Waals surface area contributed by atoms with Gasteiger partial charge in [0.15, 0.2) is 0 Å². The third-order valence-electron chi connectivity index (χ3n) is 2.63. The third kappa shape index (κ3) is 14.9. The van der Waals surface area contributed by atoms with Gasteiger partial charge in [-0.3, -0.25) is 0 Å². The molecule has 0 rings (SSSR count). The quantitative estimate of drug-likeness (QED) is 0.706. The Kier molecular flexibility index (Phi) is 21.7. The number of nitriles is 2. The van der Waals surface area contributed by atoms with E-state index in [0.717, 1.165) is 38.5 Å². The monoisotopic (exact) mass is 240 g/mol. The van der Waals surface area contributed by atoms with E-state index in [4.69, 9.17) is 10.5 Å². The van der Waals surface area contributed by atoms with Crippen LogP contribution in [0.3, 0.4) is 0 Å². The van der Waals surface area contributed by atoms with Crippen LogP contribution >= 0.6 is 0 Å². The van der Waals surface area contributed by atoms with E-state index in [0.29, 0.717) is 11.8 Å². The summed E-state index contributed by atoms with van der Waals surface area (Å²) in [6, 6.07) is 4.51. The van der Waals surface area contributed by atoms with Crippen molar-refractivity contribution in [1.29, 1.82) is 10.5 Å². The van der Waals surface area contributed by atoms with Gasteiger partial charge in [0.1, 0.15) is 0 Å². The lowest BCUT2D eigenvalue weighted by molar-refractivity contribution is 0.575. The smallest absolute Gasteiger partial charge is 0.0655 e. The Morgan fingerprint density at radius 3 is 1.12 bits per heavy atom. The predicted molar refractivity (Wildman–Crippen MR) is 72.2 cm³/mol. The van der Waals surface area contributed by atoms with Gasteiger partial charge < -0.3 is 5.48 Å². The van der Waals surface area contributed by atoms with Crippen molar-refractivity contribution in [3.8, 4) is 12.1 Å². The summed E-state index contributed by atoms with van der Waals surface area (Å²) in [4.78, 5) is 0. The first-order chi connectivity index (χ1) is 7.69. The molecular weight excluding hydrogens is 212 g/mol. The summed E-state index contributed by atoms with van der Waals surface area (Å²) < 4.78 is 0. The highest BCUT2D eigenvalue weighted by molar-refractivity contribution is 4.80. The summed E-state index contributed by atoms with van der Waals surface area (Å²) in [5.41, 5.74) is 0. The molecule has 0 aromatic carbocycles. The topological polar surface area (TPSA) is 79.1 Å². The van der Waals surface area contributed by atoms with Crippen LogP contribution in [0.2, 0.25) is 0 Å². The molecule has 3 heteroatoms. The van der Waals surface area contributed by atoms with Gasteiger partial charge >= 0.3 is 0 Å². The second kappa shape index (κ2) is 17.3. The number of rotatable bonds is 6. The summed E-state index contributed by atoms with van der Waals surface area (Å²) >= 11 is 0. The van der Waals surface area contributed by atoms with Gasteiger partial charge in [0.25, 0.3) is 0 Å². The SMILES string of the molecule is CCCC(C#N)CC.CCCC(C#N)CC.O. The first-order valence-corrected chi connectivity index (χ1v) is 6.49. The molecule has 2 N–H and O–H groups in total.